The number of carbonyl (C=O) groups excluding carboxylic acids is 2. The summed E-state index contributed by atoms with van der Waals surface area (Å²) in [6, 6.07) is 14.2. The van der Waals surface area contributed by atoms with Crippen molar-refractivity contribution in [2.24, 2.45) is 0 Å². The lowest BCUT2D eigenvalue weighted by molar-refractivity contribution is -0.141. The fraction of sp³-hybridized carbons (Fsp3) is 0.462. The van der Waals surface area contributed by atoms with Crippen LogP contribution in [0.5, 0.6) is 5.75 Å². The van der Waals surface area contributed by atoms with Gasteiger partial charge >= 0.3 is 0 Å². The Hall–Kier alpha value is -3.07. The molecule has 2 rings (SSSR count). The second-order valence-electron chi connectivity index (χ2n) is 8.39. The molecule has 0 radical (unpaired) electrons. The number of ether oxygens (including phenoxy) is 1. The third-order valence-electron chi connectivity index (χ3n) is 5.65. The second kappa shape index (κ2) is 13.1. The summed E-state index contributed by atoms with van der Waals surface area (Å²) in [5.41, 5.74) is 2.45. The van der Waals surface area contributed by atoms with Gasteiger partial charge in [-0.15, -0.1) is 0 Å². The topological polar surface area (TPSA) is 96.0 Å². The van der Waals surface area contributed by atoms with E-state index in [0.717, 1.165) is 17.4 Å². The Morgan fingerprint density at radius 1 is 1.09 bits per heavy atom. The molecule has 0 aliphatic heterocycles. The van der Waals surface area contributed by atoms with Gasteiger partial charge in [-0.3, -0.25) is 13.9 Å². The zero-order valence-corrected chi connectivity index (χ0v) is 22.1. The van der Waals surface area contributed by atoms with Crippen molar-refractivity contribution in [3.8, 4) is 5.75 Å². The number of rotatable bonds is 13. The van der Waals surface area contributed by atoms with Crippen LogP contribution >= 0.6 is 0 Å². The van der Waals surface area contributed by atoms with Gasteiger partial charge in [0, 0.05) is 26.6 Å². The molecule has 0 saturated carbocycles. The van der Waals surface area contributed by atoms with E-state index in [-0.39, 0.29) is 24.8 Å². The highest BCUT2D eigenvalue weighted by atomic mass is 32.2. The summed E-state index contributed by atoms with van der Waals surface area (Å²) in [7, 11) is -2.05. The zero-order valence-electron chi connectivity index (χ0n) is 21.3. The third-order valence-corrected chi connectivity index (χ3v) is 6.83. The lowest BCUT2D eigenvalue weighted by Gasteiger charge is -2.31. The molecule has 2 aromatic rings. The molecule has 35 heavy (non-hydrogen) atoms. The number of para-hydroxylation sites is 2. The fourth-order valence-electron chi connectivity index (χ4n) is 4.02. The molecule has 0 bridgehead atoms. The molecular weight excluding hydrogens is 466 g/mol. The number of likely N-dealkylation sites (N-methyl/N-ethyl adjacent to an activating group) is 1. The predicted octanol–water partition coefficient (Wildman–Crippen LogP) is 3.49. The molecule has 1 atom stereocenters. The largest absolute Gasteiger partial charge is 0.492 e. The summed E-state index contributed by atoms with van der Waals surface area (Å²) in [6.45, 7) is 6.50. The quantitative estimate of drug-likeness (QED) is 0.451. The summed E-state index contributed by atoms with van der Waals surface area (Å²) >= 11 is 0. The van der Waals surface area contributed by atoms with E-state index in [4.69, 9.17) is 4.74 Å². The number of sulfonamides is 1. The molecular formula is C26H37N3O5S. The van der Waals surface area contributed by atoms with Crippen molar-refractivity contribution in [3.05, 3.63) is 59.7 Å². The van der Waals surface area contributed by atoms with E-state index in [1.165, 1.54) is 4.31 Å². The first-order valence-electron chi connectivity index (χ1n) is 11.9. The first-order chi connectivity index (χ1) is 16.6. The average Bonchev–Trinajstić information content (AvgIpc) is 2.81. The monoisotopic (exact) mass is 503 g/mol. The van der Waals surface area contributed by atoms with Crippen LogP contribution in [0.15, 0.2) is 48.5 Å². The van der Waals surface area contributed by atoms with Crippen molar-refractivity contribution in [3.63, 3.8) is 0 Å². The van der Waals surface area contributed by atoms with Crippen LogP contribution in [0.4, 0.5) is 5.69 Å². The van der Waals surface area contributed by atoms with Crippen LogP contribution in [0.1, 0.15) is 44.2 Å². The van der Waals surface area contributed by atoms with Crippen LogP contribution in [-0.2, 0) is 26.2 Å². The molecule has 0 saturated heterocycles. The maximum Gasteiger partial charge on any atom is 0.242 e. The molecule has 0 aliphatic carbocycles. The molecule has 0 heterocycles. The summed E-state index contributed by atoms with van der Waals surface area (Å²) in [5.74, 6) is 0.0453. The Bertz CT molecular complexity index is 1100. The molecule has 8 nitrogen and oxygen atoms in total. The minimum atomic E-state index is -3.60. The highest BCUT2D eigenvalue weighted by molar-refractivity contribution is 7.92. The van der Waals surface area contributed by atoms with Crippen LogP contribution in [0, 0.1) is 6.92 Å². The van der Waals surface area contributed by atoms with Crippen LogP contribution in [-0.4, -0.2) is 57.6 Å². The highest BCUT2D eigenvalue weighted by Crippen LogP contribution is 2.30. The molecule has 0 aromatic heterocycles. The molecule has 0 fully saturated rings. The average molecular weight is 504 g/mol. The van der Waals surface area contributed by atoms with Gasteiger partial charge in [0.15, 0.2) is 0 Å². The van der Waals surface area contributed by atoms with E-state index in [2.05, 4.69) is 5.32 Å². The van der Waals surface area contributed by atoms with Gasteiger partial charge in [0.25, 0.3) is 0 Å². The SMILES string of the molecule is CCOc1ccccc1N(CCCC(=O)N(Cc1cccc(C)c1)C(CC)C(=O)NC)S(C)(=O)=O. The van der Waals surface area contributed by atoms with Crippen molar-refractivity contribution in [2.45, 2.75) is 52.6 Å². The number of nitrogens with zero attached hydrogens (tertiary/aromatic N) is 2. The number of anilines is 1. The number of aryl methyl sites for hydroxylation is 1. The first kappa shape index (κ1) is 28.2. The summed E-state index contributed by atoms with van der Waals surface area (Å²) in [4.78, 5) is 27.5. The number of nitrogens with one attached hydrogen (secondary N) is 1. The van der Waals surface area contributed by atoms with Crippen LogP contribution in [0.3, 0.4) is 0 Å². The van der Waals surface area contributed by atoms with Crippen LogP contribution in [0.2, 0.25) is 0 Å². The molecule has 2 amide bonds. The van der Waals surface area contributed by atoms with E-state index >= 15 is 0 Å². The van der Waals surface area contributed by atoms with Crippen molar-refractivity contribution >= 4 is 27.5 Å². The van der Waals surface area contributed by atoms with Gasteiger partial charge in [-0.1, -0.05) is 48.9 Å². The van der Waals surface area contributed by atoms with Gasteiger partial charge < -0.3 is 15.0 Å². The standard InChI is InChI=1S/C26H37N3O5S/c1-6-22(26(31)27-4)28(19-21-13-10-12-20(3)18-21)25(30)16-11-17-29(35(5,32)33)23-14-8-9-15-24(23)34-7-2/h8-10,12-15,18,22H,6-7,11,16-17,19H2,1-5H3,(H,27,31). The van der Waals surface area contributed by atoms with Crippen LogP contribution < -0.4 is 14.4 Å². The van der Waals surface area contributed by atoms with Crippen molar-refractivity contribution < 1.29 is 22.7 Å². The molecule has 192 valence electrons. The minimum Gasteiger partial charge on any atom is -0.492 e. The Morgan fingerprint density at radius 2 is 1.80 bits per heavy atom. The molecule has 9 heteroatoms. The van der Waals surface area contributed by atoms with E-state index in [9.17, 15) is 18.0 Å². The smallest absolute Gasteiger partial charge is 0.242 e. The van der Waals surface area contributed by atoms with Gasteiger partial charge in [0.05, 0.1) is 18.6 Å². The van der Waals surface area contributed by atoms with Crippen molar-refractivity contribution in [2.75, 3.05) is 30.8 Å². The minimum absolute atomic E-state index is 0.0993. The summed E-state index contributed by atoms with van der Waals surface area (Å²) in [6.07, 6.45) is 2.00. The molecule has 0 spiro atoms. The second-order valence-corrected chi connectivity index (χ2v) is 10.3. The van der Waals surface area contributed by atoms with Gasteiger partial charge in [0.2, 0.25) is 21.8 Å². The first-order valence-corrected chi connectivity index (χ1v) is 13.7. The maximum atomic E-state index is 13.3. The van der Waals surface area contributed by atoms with Crippen molar-refractivity contribution in [1.29, 1.82) is 0 Å². The molecule has 0 aliphatic rings. The van der Waals surface area contributed by atoms with E-state index in [0.29, 0.717) is 37.4 Å². The Kier molecular flexibility index (Phi) is 10.6. The molecule has 1 N–H and O–H groups in total. The maximum absolute atomic E-state index is 13.3. The summed E-state index contributed by atoms with van der Waals surface area (Å²) in [5, 5.41) is 2.65. The number of amides is 2. The molecule has 1 unspecified atom stereocenters. The van der Waals surface area contributed by atoms with Gasteiger partial charge in [-0.2, -0.15) is 0 Å². The van der Waals surface area contributed by atoms with E-state index in [1.54, 1.807) is 36.2 Å². The predicted molar refractivity (Wildman–Crippen MR) is 139 cm³/mol. The number of hydrogen-bond donors (Lipinski definition) is 1. The zero-order chi connectivity index (χ0) is 26.0. The van der Waals surface area contributed by atoms with E-state index in [1.807, 2.05) is 45.0 Å². The van der Waals surface area contributed by atoms with Gasteiger partial charge in [0.1, 0.15) is 11.8 Å². The normalized spacial score (nSPS) is 12.0. The van der Waals surface area contributed by atoms with Gasteiger partial charge in [-0.05, 0) is 44.4 Å². The third kappa shape index (κ3) is 7.99. The lowest BCUT2D eigenvalue weighted by Crippen LogP contribution is -2.48. The highest BCUT2D eigenvalue weighted by Gasteiger charge is 2.28. The lowest BCUT2D eigenvalue weighted by atomic mass is 10.1. The Labute approximate surface area is 209 Å². The van der Waals surface area contributed by atoms with Crippen LogP contribution in [0.25, 0.3) is 0 Å². The number of benzene rings is 2. The van der Waals surface area contributed by atoms with E-state index < -0.39 is 16.1 Å². The van der Waals surface area contributed by atoms with Crippen molar-refractivity contribution in [1.82, 2.24) is 10.2 Å². The fourth-order valence-corrected chi connectivity index (χ4v) is 4.99. The number of hydrogen-bond acceptors (Lipinski definition) is 5. The molecule has 2 aromatic carbocycles. The summed E-state index contributed by atoms with van der Waals surface area (Å²) < 4.78 is 32.0. The number of carbonyl (C=O) groups is 2. The Balaban J connectivity index is 2.22. The van der Waals surface area contributed by atoms with Gasteiger partial charge in [-0.25, -0.2) is 8.42 Å². The Morgan fingerprint density at radius 3 is 2.40 bits per heavy atom.